The maximum absolute atomic E-state index is 12.8. The number of benzene rings is 2. The van der Waals surface area contributed by atoms with E-state index in [1.807, 2.05) is 32.0 Å². The van der Waals surface area contributed by atoms with Gasteiger partial charge in [0.15, 0.2) is 0 Å². The van der Waals surface area contributed by atoms with Crippen molar-refractivity contribution in [3.05, 3.63) is 59.2 Å². The summed E-state index contributed by atoms with van der Waals surface area (Å²) >= 11 is 0. The monoisotopic (exact) mass is 402 g/mol. The van der Waals surface area contributed by atoms with E-state index in [2.05, 4.69) is 5.32 Å². The third-order valence-electron chi connectivity index (χ3n) is 5.00. The summed E-state index contributed by atoms with van der Waals surface area (Å²) in [5, 5.41) is 2.94. The molecule has 1 atom stereocenters. The van der Waals surface area contributed by atoms with E-state index in [4.69, 9.17) is 4.74 Å². The van der Waals surface area contributed by atoms with E-state index in [1.165, 1.54) is 16.4 Å². The topological polar surface area (TPSA) is 75.7 Å². The molecule has 28 heavy (non-hydrogen) atoms. The number of hydrogen-bond acceptors (Lipinski definition) is 4. The van der Waals surface area contributed by atoms with Crippen molar-refractivity contribution in [3.63, 3.8) is 0 Å². The highest BCUT2D eigenvalue weighted by molar-refractivity contribution is 7.89. The van der Waals surface area contributed by atoms with E-state index in [0.717, 1.165) is 24.0 Å². The summed E-state index contributed by atoms with van der Waals surface area (Å²) in [5.74, 6) is 0.373. The van der Waals surface area contributed by atoms with Gasteiger partial charge >= 0.3 is 0 Å². The van der Waals surface area contributed by atoms with Crippen molar-refractivity contribution < 1.29 is 17.9 Å². The highest BCUT2D eigenvalue weighted by Crippen LogP contribution is 2.27. The van der Waals surface area contributed by atoms with Crippen molar-refractivity contribution >= 4 is 15.9 Å². The van der Waals surface area contributed by atoms with Crippen LogP contribution in [0.3, 0.4) is 0 Å². The van der Waals surface area contributed by atoms with E-state index >= 15 is 0 Å². The third kappa shape index (κ3) is 4.20. The van der Waals surface area contributed by atoms with Gasteiger partial charge in [-0.1, -0.05) is 23.8 Å². The SMILES string of the molecule is COc1ccc(C)cc1[C@H](C)NC(=O)c1cccc(S(=O)(=O)N2CCCC2)c1. The van der Waals surface area contributed by atoms with Crippen LogP contribution < -0.4 is 10.1 Å². The van der Waals surface area contributed by atoms with Crippen molar-refractivity contribution in [1.29, 1.82) is 0 Å². The molecule has 6 nitrogen and oxygen atoms in total. The average molecular weight is 403 g/mol. The van der Waals surface area contributed by atoms with Crippen LogP contribution in [0.2, 0.25) is 0 Å². The van der Waals surface area contributed by atoms with E-state index < -0.39 is 10.0 Å². The van der Waals surface area contributed by atoms with Crippen molar-refractivity contribution in [3.8, 4) is 5.75 Å². The van der Waals surface area contributed by atoms with Crippen LogP contribution >= 0.6 is 0 Å². The van der Waals surface area contributed by atoms with Gasteiger partial charge in [-0.3, -0.25) is 4.79 Å². The van der Waals surface area contributed by atoms with Crippen molar-refractivity contribution in [1.82, 2.24) is 9.62 Å². The van der Waals surface area contributed by atoms with E-state index in [-0.39, 0.29) is 16.8 Å². The van der Waals surface area contributed by atoms with Gasteiger partial charge in [0.1, 0.15) is 5.75 Å². The van der Waals surface area contributed by atoms with Gasteiger partial charge in [-0.25, -0.2) is 8.42 Å². The molecule has 1 N–H and O–H groups in total. The first-order valence-corrected chi connectivity index (χ1v) is 10.8. The van der Waals surface area contributed by atoms with Crippen molar-refractivity contribution in [2.24, 2.45) is 0 Å². The molecule has 1 aliphatic rings. The molecule has 0 radical (unpaired) electrons. The van der Waals surface area contributed by atoms with Crippen LogP contribution in [-0.2, 0) is 10.0 Å². The molecule has 7 heteroatoms. The average Bonchev–Trinajstić information content (AvgIpc) is 3.23. The zero-order valence-electron chi connectivity index (χ0n) is 16.4. The summed E-state index contributed by atoms with van der Waals surface area (Å²) in [5.41, 5.74) is 2.26. The Morgan fingerprint density at radius 1 is 1.14 bits per heavy atom. The molecule has 0 aliphatic carbocycles. The Labute approximate surface area is 166 Å². The maximum atomic E-state index is 12.8. The van der Waals surface area contributed by atoms with Gasteiger partial charge in [0.05, 0.1) is 18.0 Å². The van der Waals surface area contributed by atoms with Gasteiger partial charge in [0.2, 0.25) is 10.0 Å². The van der Waals surface area contributed by atoms with Crippen LogP contribution in [0.5, 0.6) is 5.75 Å². The molecule has 0 spiro atoms. The summed E-state index contributed by atoms with van der Waals surface area (Å²) in [4.78, 5) is 12.9. The lowest BCUT2D eigenvalue weighted by Gasteiger charge is -2.19. The smallest absolute Gasteiger partial charge is 0.251 e. The summed E-state index contributed by atoms with van der Waals surface area (Å²) in [7, 11) is -1.97. The first-order chi connectivity index (χ1) is 13.3. The number of nitrogens with one attached hydrogen (secondary N) is 1. The van der Waals surface area contributed by atoms with Gasteiger partial charge in [-0.05, 0) is 51.0 Å². The zero-order valence-corrected chi connectivity index (χ0v) is 17.3. The minimum Gasteiger partial charge on any atom is -0.496 e. The highest BCUT2D eigenvalue weighted by Gasteiger charge is 2.27. The minimum absolute atomic E-state index is 0.155. The Hall–Kier alpha value is -2.38. The number of nitrogens with zero attached hydrogens (tertiary/aromatic N) is 1. The van der Waals surface area contributed by atoms with Gasteiger partial charge in [0, 0.05) is 24.2 Å². The standard InChI is InChI=1S/C21H26N2O4S/c1-15-9-10-20(27-3)19(13-15)16(2)22-21(24)17-7-6-8-18(14-17)28(25,26)23-11-4-5-12-23/h6-10,13-14,16H,4-5,11-12H2,1-3H3,(H,22,24)/t16-/m0/s1. The number of aryl methyl sites for hydroxylation is 1. The van der Waals surface area contributed by atoms with Crippen LogP contribution in [0, 0.1) is 6.92 Å². The van der Waals surface area contributed by atoms with Crippen LogP contribution in [0.15, 0.2) is 47.4 Å². The maximum Gasteiger partial charge on any atom is 0.251 e. The highest BCUT2D eigenvalue weighted by atomic mass is 32.2. The number of methoxy groups -OCH3 is 1. The quantitative estimate of drug-likeness (QED) is 0.805. The molecule has 2 aromatic carbocycles. The molecule has 150 valence electrons. The van der Waals surface area contributed by atoms with Crippen LogP contribution in [0.25, 0.3) is 0 Å². The zero-order chi connectivity index (χ0) is 20.3. The fourth-order valence-electron chi connectivity index (χ4n) is 3.43. The largest absolute Gasteiger partial charge is 0.496 e. The van der Waals surface area contributed by atoms with Crippen molar-refractivity contribution in [2.75, 3.05) is 20.2 Å². The van der Waals surface area contributed by atoms with Crippen LogP contribution in [0.4, 0.5) is 0 Å². The Bertz CT molecular complexity index is 966. The normalized spacial score (nSPS) is 16.0. The molecule has 0 saturated carbocycles. The van der Waals surface area contributed by atoms with Gasteiger partial charge in [0.25, 0.3) is 5.91 Å². The summed E-state index contributed by atoms with van der Waals surface area (Å²) in [6.07, 6.45) is 1.74. The molecule has 0 unspecified atom stereocenters. The Kier molecular flexibility index (Phi) is 6.05. The fourth-order valence-corrected chi connectivity index (χ4v) is 4.99. The summed E-state index contributed by atoms with van der Waals surface area (Å²) < 4.78 is 32.4. The van der Waals surface area contributed by atoms with Gasteiger partial charge < -0.3 is 10.1 Å². The lowest BCUT2D eigenvalue weighted by molar-refractivity contribution is 0.0939. The second kappa shape index (κ2) is 8.32. The molecule has 2 aromatic rings. The van der Waals surface area contributed by atoms with Crippen LogP contribution in [-0.4, -0.2) is 38.8 Å². The number of sulfonamides is 1. The number of hydrogen-bond donors (Lipinski definition) is 1. The first kappa shape index (κ1) is 20.4. The number of carbonyl (C=O) groups excluding carboxylic acids is 1. The lowest BCUT2D eigenvalue weighted by atomic mass is 10.0. The van der Waals surface area contributed by atoms with E-state index in [0.29, 0.717) is 24.4 Å². The fraction of sp³-hybridized carbons (Fsp3) is 0.381. The minimum atomic E-state index is -3.56. The second-order valence-electron chi connectivity index (χ2n) is 7.08. The van der Waals surface area contributed by atoms with E-state index in [9.17, 15) is 13.2 Å². The summed E-state index contributed by atoms with van der Waals surface area (Å²) in [6, 6.07) is 11.7. The summed E-state index contributed by atoms with van der Waals surface area (Å²) in [6.45, 7) is 4.91. The molecule has 1 amide bonds. The van der Waals surface area contributed by atoms with Crippen LogP contribution in [0.1, 0.15) is 47.3 Å². The molecule has 3 rings (SSSR count). The Morgan fingerprint density at radius 2 is 1.86 bits per heavy atom. The number of amides is 1. The van der Waals surface area contributed by atoms with E-state index in [1.54, 1.807) is 19.2 Å². The Morgan fingerprint density at radius 3 is 2.54 bits per heavy atom. The van der Waals surface area contributed by atoms with Gasteiger partial charge in [-0.2, -0.15) is 4.31 Å². The number of carbonyl (C=O) groups is 1. The molecule has 0 bridgehead atoms. The van der Waals surface area contributed by atoms with Crippen molar-refractivity contribution in [2.45, 2.75) is 37.6 Å². The predicted octanol–water partition coefficient (Wildman–Crippen LogP) is 3.28. The Balaban J connectivity index is 1.81. The molecule has 1 fully saturated rings. The predicted molar refractivity (Wildman–Crippen MR) is 108 cm³/mol. The molecule has 1 aliphatic heterocycles. The number of ether oxygens (including phenoxy) is 1. The second-order valence-corrected chi connectivity index (χ2v) is 9.02. The molecule has 1 heterocycles. The molecular formula is C21H26N2O4S. The molecule has 0 aromatic heterocycles. The molecular weight excluding hydrogens is 376 g/mol. The third-order valence-corrected chi connectivity index (χ3v) is 6.89. The number of rotatable bonds is 6. The molecule has 1 saturated heterocycles. The lowest BCUT2D eigenvalue weighted by Crippen LogP contribution is -2.29. The first-order valence-electron chi connectivity index (χ1n) is 9.38. The van der Waals surface area contributed by atoms with Gasteiger partial charge in [-0.15, -0.1) is 0 Å².